The molecule has 4 rings (SSSR count). The topological polar surface area (TPSA) is 64.8 Å². The highest BCUT2D eigenvalue weighted by atomic mass is 16.7. The molecule has 1 aromatic carbocycles. The summed E-state index contributed by atoms with van der Waals surface area (Å²) in [4.78, 5) is 14.7. The van der Waals surface area contributed by atoms with Gasteiger partial charge >= 0.3 is 0 Å². The Kier molecular flexibility index (Phi) is 3.48. The maximum absolute atomic E-state index is 12.8. The number of carbonyl (C=O) groups is 1. The number of ether oxygens (including phenoxy) is 2. The van der Waals surface area contributed by atoms with Gasteiger partial charge in [-0.3, -0.25) is 4.79 Å². The molecule has 0 unspecified atom stereocenters. The van der Waals surface area contributed by atoms with E-state index >= 15 is 0 Å². The quantitative estimate of drug-likeness (QED) is 0.844. The van der Waals surface area contributed by atoms with Gasteiger partial charge in [0.2, 0.25) is 12.7 Å². The minimum Gasteiger partial charge on any atom is -0.454 e. The standard InChI is InChI=1S/C18H20N2O4/c1-3-20(4-2)17(21)18(7-8-18)16-10-14(24-19-16)12-5-6-13-15(9-12)23-11-22-13/h5-6,9-10H,3-4,7-8,11H2,1-2H3. The summed E-state index contributed by atoms with van der Waals surface area (Å²) in [5, 5.41) is 4.20. The molecule has 0 bridgehead atoms. The van der Waals surface area contributed by atoms with Crippen molar-refractivity contribution in [3.63, 3.8) is 0 Å². The number of likely N-dealkylation sites (N-methyl/N-ethyl adjacent to an activating group) is 1. The molecule has 2 aliphatic rings. The van der Waals surface area contributed by atoms with Crippen LogP contribution in [0.4, 0.5) is 0 Å². The number of aromatic nitrogens is 1. The molecule has 0 saturated heterocycles. The monoisotopic (exact) mass is 328 g/mol. The van der Waals surface area contributed by atoms with Crippen molar-refractivity contribution in [2.24, 2.45) is 0 Å². The predicted molar refractivity (Wildman–Crippen MR) is 86.9 cm³/mol. The van der Waals surface area contributed by atoms with Crippen molar-refractivity contribution in [1.29, 1.82) is 0 Å². The fraction of sp³-hybridized carbons (Fsp3) is 0.444. The normalized spacial score (nSPS) is 16.9. The van der Waals surface area contributed by atoms with Gasteiger partial charge in [0.15, 0.2) is 17.3 Å². The van der Waals surface area contributed by atoms with E-state index in [2.05, 4.69) is 5.16 Å². The zero-order valence-electron chi connectivity index (χ0n) is 13.9. The Hall–Kier alpha value is -2.50. The van der Waals surface area contributed by atoms with Crippen molar-refractivity contribution in [3.8, 4) is 22.8 Å². The molecule has 2 heterocycles. The van der Waals surface area contributed by atoms with Crippen molar-refractivity contribution < 1.29 is 18.8 Å². The largest absolute Gasteiger partial charge is 0.454 e. The molecule has 6 nitrogen and oxygen atoms in total. The molecular formula is C18H20N2O4. The van der Waals surface area contributed by atoms with Crippen LogP contribution in [0.3, 0.4) is 0 Å². The lowest BCUT2D eigenvalue weighted by molar-refractivity contribution is -0.133. The highest BCUT2D eigenvalue weighted by molar-refractivity contribution is 5.91. The molecule has 6 heteroatoms. The lowest BCUT2D eigenvalue weighted by Gasteiger charge is -2.23. The molecule has 1 aliphatic carbocycles. The van der Waals surface area contributed by atoms with Gasteiger partial charge in [-0.15, -0.1) is 0 Å². The maximum atomic E-state index is 12.8. The summed E-state index contributed by atoms with van der Waals surface area (Å²) in [5.74, 6) is 2.22. The fourth-order valence-corrected chi connectivity index (χ4v) is 3.20. The summed E-state index contributed by atoms with van der Waals surface area (Å²) in [6.45, 7) is 5.66. The zero-order chi connectivity index (χ0) is 16.7. The predicted octanol–water partition coefficient (Wildman–Crippen LogP) is 2.97. The van der Waals surface area contributed by atoms with Gasteiger partial charge in [-0.2, -0.15) is 0 Å². The van der Waals surface area contributed by atoms with E-state index in [4.69, 9.17) is 14.0 Å². The van der Waals surface area contributed by atoms with Crippen LogP contribution in [0.25, 0.3) is 11.3 Å². The number of fused-ring (bicyclic) bond motifs is 1. The molecule has 0 N–H and O–H groups in total. The number of amides is 1. The van der Waals surface area contributed by atoms with Crippen LogP contribution in [0.2, 0.25) is 0 Å². The van der Waals surface area contributed by atoms with Crippen LogP contribution in [0, 0.1) is 0 Å². The Balaban J connectivity index is 1.62. The first kappa shape index (κ1) is 15.1. The van der Waals surface area contributed by atoms with Gasteiger partial charge in [0.25, 0.3) is 0 Å². The van der Waals surface area contributed by atoms with E-state index in [1.165, 1.54) is 0 Å². The maximum Gasteiger partial charge on any atom is 0.234 e. The number of hydrogen-bond acceptors (Lipinski definition) is 5. The highest BCUT2D eigenvalue weighted by Gasteiger charge is 2.55. The fourth-order valence-electron chi connectivity index (χ4n) is 3.20. The van der Waals surface area contributed by atoms with Gasteiger partial charge in [0.05, 0.1) is 11.1 Å². The molecule has 1 fully saturated rings. The van der Waals surface area contributed by atoms with Gasteiger partial charge in [-0.1, -0.05) is 5.16 Å². The van der Waals surface area contributed by atoms with Gasteiger partial charge in [0, 0.05) is 24.7 Å². The van der Waals surface area contributed by atoms with Crippen LogP contribution >= 0.6 is 0 Å². The zero-order valence-corrected chi connectivity index (χ0v) is 13.9. The SMILES string of the molecule is CCN(CC)C(=O)C1(c2cc(-c3ccc4c(c3)OCO4)on2)CC1. The minimum atomic E-state index is -0.496. The Labute approximate surface area is 140 Å². The summed E-state index contributed by atoms with van der Waals surface area (Å²) < 4.78 is 16.2. The number of hydrogen-bond donors (Lipinski definition) is 0. The third-order valence-electron chi connectivity index (χ3n) is 4.87. The third kappa shape index (κ3) is 2.25. The van der Waals surface area contributed by atoms with E-state index in [-0.39, 0.29) is 12.7 Å². The van der Waals surface area contributed by atoms with Crippen molar-refractivity contribution in [1.82, 2.24) is 10.1 Å². The smallest absolute Gasteiger partial charge is 0.234 e. The Bertz CT molecular complexity index is 775. The summed E-state index contributed by atoms with van der Waals surface area (Å²) in [6, 6.07) is 7.52. The second-order valence-corrected chi connectivity index (χ2v) is 6.20. The van der Waals surface area contributed by atoms with Crippen molar-refractivity contribution in [2.75, 3.05) is 19.9 Å². The summed E-state index contributed by atoms with van der Waals surface area (Å²) >= 11 is 0. The first-order chi connectivity index (χ1) is 11.7. The van der Waals surface area contributed by atoms with E-state index < -0.39 is 5.41 Å². The molecule has 0 radical (unpaired) electrons. The van der Waals surface area contributed by atoms with Crippen LogP contribution in [-0.2, 0) is 10.2 Å². The molecule has 24 heavy (non-hydrogen) atoms. The first-order valence-electron chi connectivity index (χ1n) is 8.34. The molecule has 1 saturated carbocycles. The number of rotatable bonds is 5. The van der Waals surface area contributed by atoms with Gasteiger partial charge in [-0.25, -0.2) is 0 Å². The van der Waals surface area contributed by atoms with Gasteiger partial charge in [-0.05, 0) is 44.9 Å². The molecular weight excluding hydrogens is 308 g/mol. The molecule has 0 atom stereocenters. The minimum absolute atomic E-state index is 0.151. The number of benzene rings is 1. The van der Waals surface area contributed by atoms with E-state index in [9.17, 15) is 4.79 Å². The van der Waals surface area contributed by atoms with E-state index in [0.717, 1.165) is 29.8 Å². The Morgan fingerprint density at radius 2 is 1.92 bits per heavy atom. The first-order valence-corrected chi connectivity index (χ1v) is 8.34. The molecule has 1 aromatic heterocycles. The van der Waals surface area contributed by atoms with Crippen molar-refractivity contribution >= 4 is 5.91 Å². The van der Waals surface area contributed by atoms with E-state index in [1.807, 2.05) is 43.0 Å². The summed E-state index contributed by atoms with van der Waals surface area (Å²) in [7, 11) is 0. The molecule has 0 spiro atoms. The van der Waals surface area contributed by atoms with Crippen molar-refractivity contribution in [3.05, 3.63) is 30.0 Å². The van der Waals surface area contributed by atoms with Crippen LogP contribution in [0.1, 0.15) is 32.4 Å². The molecule has 126 valence electrons. The Morgan fingerprint density at radius 3 is 2.62 bits per heavy atom. The third-order valence-corrected chi connectivity index (χ3v) is 4.87. The second kappa shape index (κ2) is 5.54. The van der Waals surface area contributed by atoms with E-state index in [0.29, 0.717) is 24.6 Å². The van der Waals surface area contributed by atoms with Crippen molar-refractivity contribution in [2.45, 2.75) is 32.1 Å². The van der Waals surface area contributed by atoms with Crippen LogP contribution in [0.5, 0.6) is 11.5 Å². The van der Waals surface area contributed by atoms with Gasteiger partial charge in [0.1, 0.15) is 0 Å². The van der Waals surface area contributed by atoms with E-state index in [1.54, 1.807) is 0 Å². The lowest BCUT2D eigenvalue weighted by Crippen LogP contribution is -2.39. The molecule has 1 amide bonds. The van der Waals surface area contributed by atoms with Gasteiger partial charge < -0.3 is 18.9 Å². The Morgan fingerprint density at radius 1 is 1.17 bits per heavy atom. The van der Waals surface area contributed by atoms with Crippen LogP contribution < -0.4 is 9.47 Å². The molecule has 2 aromatic rings. The summed E-state index contributed by atoms with van der Waals surface area (Å²) in [6.07, 6.45) is 1.66. The number of nitrogens with zero attached hydrogens (tertiary/aromatic N) is 2. The average Bonchev–Trinajstić information content (AvgIpc) is 3.05. The summed E-state index contributed by atoms with van der Waals surface area (Å²) in [5.41, 5.74) is 1.10. The number of carbonyl (C=O) groups excluding carboxylic acids is 1. The second-order valence-electron chi connectivity index (χ2n) is 6.20. The average molecular weight is 328 g/mol. The highest BCUT2D eigenvalue weighted by Crippen LogP contribution is 2.50. The molecule has 1 aliphatic heterocycles. The van der Waals surface area contributed by atoms with Crippen LogP contribution in [0.15, 0.2) is 28.8 Å². The lowest BCUT2D eigenvalue weighted by atomic mass is 9.99. The van der Waals surface area contributed by atoms with Crippen LogP contribution in [-0.4, -0.2) is 35.8 Å².